The highest BCUT2D eigenvalue weighted by molar-refractivity contribution is 5.85. The first-order valence-electron chi connectivity index (χ1n) is 8.03. The molecule has 2 N–H and O–H groups in total. The van der Waals surface area contributed by atoms with Crippen LogP contribution in [0.1, 0.15) is 17.7 Å². The van der Waals surface area contributed by atoms with Crippen molar-refractivity contribution in [2.75, 3.05) is 13.6 Å². The lowest BCUT2D eigenvalue weighted by Gasteiger charge is -2.20. The third-order valence-corrected chi connectivity index (χ3v) is 4.00. The minimum atomic E-state index is -0.489. The van der Waals surface area contributed by atoms with Crippen molar-refractivity contribution in [1.82, 2.24) is 9.88 Å². The number of likely N-dealkylation sites (N-methyl/N-ethyl adjacent to an activating group) is 1. The van der Waals surface area contributed by atoms with Crippen LogP contribution in [-0.4, -0.2) is 35.3 Å². The van der Waals surface area contributed by atoms with Gasteiger partial charge in [0.15, 0.2) is 0 Å². The molecule has 2 amide bonds. The van der Waals surface area contributed by atoms with Crippen molar-refractivity contribution in [3.63, 3.8) is 0 Å². The summed E-state index contributed by atoms with van der Waals surface area (Å²) in [7, 11) is 1.74. The van der Waals surface area contributed by atoms with Crippen LogP contribution >= 0.6 is 0 Å². The number of pyridine rings is 1. The molecular formula is C19H23N3O2. The van der Waals surface area contributed by atoms with Gasteiger partial charge in [0.2, 0.25) is 11.8 Å². The van der Waals surface area contributed by atoms with E-state index in [0.717, 1.165) is 11.3 Å². The number of hydrogen-bond donors (Lipinski definition) is 1. The highest BCUT2D eigenvalue weighted by Gasteiger charge is 2.22. The van der Waals surface area contributed by atoms with Gasteiger partial charge in [0.1, 0.15) is 0 Å². The highest BCUT2D eigenvalue weighted by atomic mass is 16.2. The third-order valence-electron chi connectivity index (χ3n) is 4.00. The van der Waals surface area contributed by atoms with Crippen LogP contribution in [0.3, 0.4) is 0 Å². The van der Waals surface area contributed by atoms with E-state index in [2.05, 4.69) is 4.98 Å². The summed E-state index contributed by atoms with van der Waals surface area (Å²) in [4.78, 5) is 29.9. The quantitative estimate of drug-likeness (QED) is 0.804. The van der Waals surface area contributed by atoms with Gasteiger partial charge in [0, 0.05) is 38.3 Å². The molecule has 1 heterocycles. The zero-order valence-corrected chi connectivity index (χ0v) is 13.9. The van der Waals surface area contributed by atoms with Crippen LogP contribution in [-0.2, 0) is 22.4 Å². The second kappa shape index (κ2) is 8.82. The fourth-order valence-electron chi connectivity index (χ4n) is 2.49. The molecule has 0 unspecified atom stereocenters. The smallest absolute Gasteiger partial charge is 0.223 e. The number of carbonyl (C=O) groups excluding carboxylic acids is 2. The highest BCUT2D eigenvalue weighted by Crippen LogP contribution is 2.13. The molecule has 0 aliphatic carbocycles. The molecule has 0 aliphatic heterocycles. The van der Waals surface area contributed by atoms with Crippen LogP contribution in [0.2, 0.25) is 0 Å². The molecule has 0 saturated carbocycles. The molecule has 0 bridgehead atoms. The van der Waals surface area contributed by atoms with E-state index in [1.807, 2.05) is 48.5 Å². The minimum absolute atomic E-state index is 0.0781. The first-order chi connectivity index (χ1) is 11.6. The van der Waals surface area contributed by atoms with Crippen LogP contribution in [0, 0.1) is 5.92 Å². The Morgan fingerprint density at radius 2 is 1.83 bits per heavy atom. The van der Waals surface area contributed by atoms with Gasteiger partial charge in [-0.25, -0.2) is 0 Å². The summed E-state index contributed by atoms with van der Waals surface area (Å²) in [6.45, 7) is 0.562. The third kappa shape index (κ3) is 5.50. The molecular weight excluding hydrogens is 302 g/mol. The molecule has 1 atom stereocenters. The maximum Gasteiger partial charge on any atom is 0.223 e. The van der Waals surface area contributed by atoms with E-state index in [4.69, 9.17) is 5.73 Å². The largest absolute Gasteiger partial charge is 0.369 e. The number of rotatable bonds is 8. The van der Waals surface area contributed by atoms with E-state index < -0.39 is 11.8 Å². The maximum atomic E-state index is 12.4. The zero-order chi connectivity index (χ0) is 17.4. The number of primary amides is 1. The Morgan fingerprint density at radius 3 is 2.46 bits per heavy atom. The predicted octanol–water partition coefficient (Wildman–Crippen LogP) is 1.82. The van der Waals surface area contributed by atoms with Crippen molar-refractivity contribution in [1.29, 1.82) is 0 Å². The fourth-order valence-corrected chi connectivity index (χ4v) is 2.49. The van der Waals surface area contributed by atoms with Gasteiger partial charge in [-0.1, -0.05) is 36.4 Å². The predicted molar refractivity (Wildman–Crippen MR) is 93.0 cm³/mol. The molecule has 126 valence electrons. The van der Waals surface area contributed by atoms with Crippen LogP contribution in [0.25, 0.3) is 0 Å². The van der Waals surface area contributed by atoms with Crippen molar-refractivity contribution in [3.05, 3.63) is 66.0 Å². The SMILES string of the molecule is CN(CCc1ccccn1)C(=O)C[C@@H](Cc1ccccc1)C(N)=O. The summed E-state index contributed by atoms with van der Waals surface area (Å²) >= 11 is 0. The second-order valence-corrected chi connectivity index (χ2v) is 5.88. The molecule has 2 aromatic rings. The number of carbonyl (C=O) groups is 2. The standard InChI is InChI=1S/C19H23N3O2/c1-22(12-10-17-9-5-6-11-21-17)18(23)14-16(19(20)24)13-15-7-3-2-4-8-15/h2-9,11,16H,10,12-14H2,1H3,(H2,20,24)/t16-/m1/s1. The van der Waals surface area contributed by atoms with E-state index in [0.29, 0.717) is 19.4 Å². The molecule has 5 heteroatoms. The van der Waals surface area contributed by atoms with Crippen molar-refractivity contribution >= 4 is 11.8 Å². The summed E-state index contributed by atoms with van der Waals surface area (Å²) in [5.41, 5.74) is 7.42. The van der Waals surface area contributed by atoms with Crippen LogP contribution in [0.5, 0.6) is 0 Å². The van der Waals surface area contributed by atoms with Crippen LogP contribution in [0.4, 0.5) is 0 Å². The zero-order valence-electron chi connectivity index (χ0n) is 13.9. The van der Waals surface area contributed by atoms with Gasteiger partial charge in [0.25, 0.3) is 0 Å². The maximum absolute atomic E-state index is 12.4. The van der Waals surface area contributed by atoms with E-state index in [9.17, 15) is 9.59 Å². The molecule has 1 aromatic heterocycles. The summed E-state index contributed by atoms with van der Waals surface area (Å²) in [5, 5.41) is 0. The number of amides is 2. The Morgan fingerprint density at radius 1 is 1.12 bits per heavy atom. The van der Waals surface area contributed by atoms with Gasteiger partial charge in [-0.15, -0.1) is 0 Å². The van der Waals surface area contributed by atoms with Gasteiger partial charge >= 0.3 is 0 Å². The number of aromatic nitrogens is 1. The Hall–Kier alpha value is -2.69. The summed E-state index contributed by atoms with van der Waals surface area (Å²) < 4.78 is 0. The van der Waals surface area contributed by atoms with Crippen LogP contribution < -0.4 is 5.73 Å². The Kier molecular flexibility index (Phi) is 6.49. The van der Waals surface area contributed by atoms with Crippen molar-refractivity contribution in [2.45, 2.75) is 19.3 Å². The number of nitrogens with two attached hydrogens (primary N) is 1. The van der Waals surface area contributed by atoms with Gasteiger partial charge in [-0.05, 0) is 24.1 Å². The summed E-state index contributed by atoms with van der Waals surface area (Å²) in [6, 6.07) is 15.3. The first kappa shape index (κ1) is 17.7. The summed E-state index contributed by atoms with van der Waals surface area (Å²) in [6.07, 6.45) is 3.03. The average Bonchev–Trinajstić information content (AvgIpc) is 2.60. The normalized spacial score (nSPS) is 11.7. The summed E-state index contributed by atoms with van der Waals surface area (Å²) in [5.74, 6) is -1.01. The van der Waals surface area contributed by atoms with Gasteiger partial charge in [0.05, 0.1) is 5.92 Å². The van der Waals surface area contributed by atoms with Gasteiger partial charge in [-0.3, -0.25) is 14.6 Å². The van der Waals surface area contributed by atoms with E-state index >= 15 is 0 Å². The molecule has 1 aromatic carbocycles. The second-order valence-electron chi connectivity index (χ2n) is 5.88. The molecule has 0 fully saturated rings. The topological polar surface area (TPSA) is 76.3 Å². The average molecular weight is 325 g/mol. The lowest BCUT2D eigenvalue weighted by atomic mass is 9.95. The van der Waals surface area contributed by atoms with Gasteiger partial charge < -0.3 is 10.6 Å². The molecule has 0 aliphatic rings. The van der Waals surface area contributed by atoms with Crippen molar-refractivity contribution in [2.24, 2.45) is 11.7 Å². The molecule has 24 heavy (non-hydrogen) atoms. The Labute approximate surface area is 142 Å². The van der Waals surface area contributed by atoms with Gasteiger partial charge in [-0.2, -0.15) is 0 Å². The monoisotopic (exact) mass is 325 g/mol. The molecule has 0 spiro atoms. The number of benzene rings is 1. The van der Waals surface area contributed by atoms with E-state index in [-0.39, 0.29) is 12.3 Å². The number of hydrogen-bond acceptors (Lipinski definition) is 3. The lowest BCUT2D eigenvalue weighted by Crippen LogP contribution is -2.34. The molecule has 2 rings (SSSR count). The molecule has 5 nitrogen and oxygen atoms in total. The Balaban J connectivity index is 1.88. The molecule has 0 saturated heterocycles. The Bertz CT molecular complexity index is 659. The van der Waals surface area contributed by atoms with E-state index in [1.165, 1.54) is 0 Å². The van der Waals surface area contributed by atoms with Crippen molar-refractivity contribution in [3.8, 4) is 0 Å². The first-order valence-corrected chi connectivity index (χ1v) is 8.03. The molecule has 0 radical (unpaired) electrons. The number of nitrogens with zero attached hydrogens (tertiary/aromatic N) is 2. The fraction of sp³-hybridized carbons (Fsp3) is 0.316. The van der Waals surface area contributed by atoms with E-state index in [1.54, 1.807) is 18.1 Å². The van der Waals surface area contributed by atoms with Crippen molar-refractivity contribution < 1.29 is 9.59 Å². The lowest BCUT2D eigenvalue weighted by molar-refractivity contribution is -0.134. The van der Waals surface area contributed by atoms with Crippen LogP contribution in [0.15, 0.2) is 54.7 Å². The minimum Gasteiger partial charge on any atom is -0.369 e.